The molecule has 1 aromatic carbocycles. The molecule has 148 valence electrons. The van der Waals surface area contributed by atoms with Gasteiger partial charge in [-0.1, -0.05) is 12.1 Å². The number of benzene rings is 1. The SMILES string of the molecule is CCN1C[C@@]2(CCCN(Cc3ccc(F)cc3)CC2)O[C@@H](C)C1=O.S.S. The molecule has 0 unspecified atom stereocenters. The Morgan fingerprint density at radius 1 is 1.19 bits per heavy atom. The third kappa shape index (κ3) is 5.38. The fourth-order valence-corrected chi connectivity index (χ4v) is 3.92. The molecule has 1 amide bonds. The van der Waals surface area contributed by atoms with E-state index in [1.807, 2.05) is 30.9 Å². The van der Waals surface area contributed by atoms with Gasteiger partial charge >= 0.3 is 0 Å². The molecule has 2 heterocycles. The zero-order valence-electron chi connectivity index (χ0n) is 15.6. The number of ether oxygens (including phenoxy) is 1. The summed E-state index contributed by atoms with van der Waals surface area (Å²) in [5.41, 5.74) is 0.927. The van der Waals surface area contributed by atoms with Crippen molar-refractivity contribution in [3.8, 4) is 0 Å². The predicted molar refractivity (Wildman–Crippen MR) is 112 cm³/mol. The van der Waals surface area contributed by atoms with E-state index in [1.165, 1.54) is 12.1 Å². The van der Waals surface area contributed by atoms with Crippen LogP contribution in [-0.4, -0.2) is 53.6 Å². The fraction of sp³-hybridized carbons (Fsp3) is 0.632. The largest absolute Gasteiger partial charge is 0.360 e. The second-order valence-electron chi connectivity index (χ2n) is 7.05. The molecule has 2 saturated heterocycles. The van der Waals surface area contributed by atoms with Gasteiger partial charge in [0.15, 0.2) is 0 Å². The van der Waals surface area contributed by atoms with E-state index in [2.05, 4.69) is 4.90 Å². The molecule has 0 N–H and O–H groups in total. The third-order valence-electron chi connectivity index (χ3n) is 5.26. The number of morpholine rings is 1. The standard InChI is InChI=1S/C19H27FN2O2.2H2S/c1-3-22-14-19(24-15(2)18(22)23)9-4-11-21(12-10-19)13-16-5-7-17(20)8-6-16;;/h5-8,15H,3-4,9-14H2,1-2H3;2*1H2/t15-,19-;;/m0../s1. The monoisotopic (exact) mass is 402 g/mol. The molecule has 7 heteroatoms. The topological polar surface area (TPSA) is 32.8 Å². The highest BCUT2D eigenvalue weighted by Gasteiger charge is 2.43. The number of carbonyl (C=O) groups excluding carboxylic acids is 1. The van der Waals surface area contributed by atoms with Crippen molar-refractivity contribution in [2.45, 2.75) is 51.4 Å². The van der Waals surface area contributed by atoms with Gasteiger partial charge in [-0.2, -0.15) is 27.0 Å². The summed E-state index contributed by atoms with van der Waals surface area (Å²) >= 11 is 0. The zero-order valence-corrected chi connectivity index (χ0v) is 17.6. The lowest BCUT2D eigenvalue weighted by molar-refractivity contribution is -0.182. The maximum Gasteiger partial charge on any atom is 0.251 e. The second kappa shape index (κ2) is 9.97. The van der Waals surface area contributed by atoms with Crippen molar-refractivity contribution in [2.75, 3.05) is 26.2 Å². The number of rotatable bonds is 3. The first-order valence-electron chi connectivity index (χ1n) is 8.95. The summed E-state index contributed by atoms with van der Waals surface area (Å²) in [5.74, 6) is -0.0852. The van der Waals surface area contributed by atoms with E-state index in [-0.39, 0.29) is 50.4 Å². The summed E-state index contributed by atoms with van der Waals surface area (Å²) in [6, 6.07) is 6.75. The molecule has 0 aromatic heterocycles. The zero-order chi connectivity index (χ0) is 17.2. The van der Waals surface area contributed by atoms with E-state index in [0.29, 0.717) is 6.54 Å². The van der Waals surface area contributed by atoms with Crippen LogP contribution >= 0.6 is 27.0 Å². The van der Waals surface area contributed by atoms with Crippen LogP contribution in [0.4, 0.5) is 4.39 Å². The molecule has 26 heavy (non-hydrogen) atoms. The maximum atomic E-state index is 13.0. The summed E-state index contributed by atoms with van der Waals surface area (Å²) in [6.45, 7) is 8.13. The molecule has 1 aromatic rings. The van der Waals surface area contributed by atoms with E-state index < -0.39 is 0 Å². The number of nitrogens with zero attached hydrogens (tertiary/aromatic N) is 2. The van der Waals surface area contributed by atoms with Gasteiger partial charge in [0.1, 0.15) is 11.9 Å². The van der Waals surface area contributed by atoms with Crippen LogP contribution in [0.15, 0.2) is 24.3 Å². The van der Waals surface area contributed by atoms with Gasteiger partial charge < -0.3 is 9.64 Å². The Hall–Kier alpha value is -0.760. The van der Waals surface area contributed by atoms with Gasteiger partial charge in [-0.3, -0.25) is 9.69 Å². The third-order valence-corrected chi connectivity index (χ3v) is 5.26. The summed E-state index contributed by atoms with van der Waals surface area (Å²) < 4.78 is 19.2. The van der Waals surface area contributed by atoms with E-state index in [0.717, 1.165) is 51.0 Å². The molecule has 0 bridgehead atoms. The summed E-state index contributed by atoms with van der Waals surface area (Å²) in [7, 11) is 0. The van der Waals surface area contributed by atoms with Gasteiger partial charge in [0.05, 0.1) is 5.60 Å². The van der Waals surface area contributed by atoms with Crippen LogP contribution in [0.1, 0.15) is 38.7 Å². The van der Waals surface area contributed by atoms with E-state index in [9.17, 15) is 9.18 Å². The number of hydrogen-bond acceptors (Lipinski definition) is 3. The highest BCUT2D eigenvalue weighted by Crippen LogP contribution is 2.33. The molecule has 0 radical (unpaired) electrons. The Morgan fingerprint density at radius 2 is 1.88 bits per heavy atom. The van der Waals surface area contributed by atoms with Crippen LogP contribution in [0.3, 0.4) is 0 Å². The molecule has 2 atom stereocenters. The predicted octanol–water partition coefficient (Wildman–Crippen LogP) is 3.04. The van der Waals surface area contributed by atoms with Gasteiger partial charge in [0.25, 0.3) is 5.91 Å². The van der Waals surface area contributed by atoms with Gasteiger partial charge in [0, 0.05) is 26.2 Å². The highest BCUT2D eigenvalue weighted by molar-refractivity contribution is 7.59. The minimum atomic E-state index is -0.345. The fourth-order valence-electron chi connectivity index (χ4n) is 3.92. The minimum Gasteiger partial charge on any atom is -0.360 e. The molecule has 2 aliphatic rings. The quantitative estimate of drug-likeness (QED) is 0.779. The first-order valence-corrected chi connectivity index (χ1v) is 8.95. The lowest BCUT2D eigenvalue weighted by Crippen LogP contribution is -2.58. The maximum absolute atomic E-state index is 13.0. The van der Waals surface area contributed by atoms with Crippen LogP contribution in [0, 0.1) is 5.82 Å². The van der Waals surface area contributed by atoms with Crippen LogP contribution in [0.2, 0.25) is 0 Å². The number of carbonyl (C=O) groups is 1. The number of amides is 1. The van der Waals surface area contributed by atoms with Gasteiger partial charge in [0.2, 0.25) is 0 Å². The first-order chi connectivity index (χ1) is 11.5. The molecule has 2 aliphatic heterocycles. The Labute approximate surface area is 170 Å². The molecule has 0 aliphatic carbocycles. The number of likely N-dealkylation sites (N-methyl/N-ethyl adjacent to an activating group) is 1. The van der Waals surface area contributed by atoms with Crippen molar-refractivity contribution >= 4 is 32.9 Å². The first kappa shape index (κ1) is 23.3. The smallest absolute Gasteiger partial charge is 0.251 e. The Bertz CT molecular complexity index is 587. The number of likely N-dealkylation sites (tertiary alicyclic amines) is 1. The van der Waals surface area contributed by atoms with Crippen molar-refractivity contribution in [3.05, 3.63) is 35.6 Å². The summed E-state index contributed by atoms with van der Waals surface area (Å²) in [4.78, 5) is 16.5. The minimum absolute atomic E-state index is 0. The summed E-state index contributed by atoms with van der Waals surface area (Å²) in [5, 5.41) is 0. The normalized spacial score (nSPS) is 26.8. The average Bonchev–Trinajstić information content (AvgIpc) is 2.76. The van der Waals surface area contributed by atoms with Crippen molar-refractivity contribution < 1.29 is 13.9 Å². The molecular weight excluding hydrogens is 371 g/mol. The lowest BCUT2D eigenvalue weighted by Gasteiger charge is -2.44. The van der Waals surface area contributed by atoms with Gasteiger partial charge in [-0.05, 0) is 57.4 Å². The van der Waals surface area contributed by atoms with Crippen molar-refractivity contribution in [3.63, 3.8) is 0 Å². The molecule has 4 nitrogen and oxygen atoms in total. The summed E-state index contributed by atoms with van der Waals surface area (Å²) in [6.07, 6.45) is 2.63. The molecule has 0 saturated carbocycles. The second-order valence-corrected chi connectivity index (χ2v) is 7.05. The van der Waals surface area contributed by atoms with E-state index in [4.69, 9.17) is 4.74 Å². The van der Waals surface area contributed by atoms with Crippen LogP contribution in [0.5, 0.6) is 0 Å². The van der Waals surface area contributed by atoms with Crippen molar-refractivity contribution in [1.82, 2.24) is 9.80 Å². The number of halogens is 1. The van der Waals surface area contributed by atoms with Gasteiger partial charge in [-0.25, -0.2) is 4.39 Å². The average molecular weight is 403 g/mol. The Kier molecular flexibility index (Phi) is 8.93. The molecular formula is C19H31FN2O2S2. The van der Waals surface area contributed by atoms with E-state index >= 15 is 0 Å². The molecule has 1 spiro atoms. The van der Waals surface area contributed by atoms with E-state index in [1.54, 1.807) is 0 Å². The van der Waals surface area contributed by atoms with Crippen LogP contribution < -0.4 is 0 Å². The van der Waals surface area contributed by atoms with Crippen molar-refractivity contribution in [2.24, 2.45) is 0 Å². The molecule has 3 rings (SSSR count). The van der Waals surface area contributed by atoms with Crippen LogP contribution in [0.25, 0.3) is 0 Å². The van der Waals surface area contributed by atoms with Crippen LogP contribution in [-0.2, 0) is 16.1 Å². The van der Waals surface area contributed by atoms with Crippen molar-refractivity contribution in [1.29, 1.82) is 0 Å². The lowest BCUT2D eigenvalue weighted by atomic mass is 9.91. The Morgan fingerprint density at radius 3 is 2.54 bits per heavy atom. The Balaban J connectivity index is 0.00000169. The van der Waals surface area contributed by atoms with Gasteiger partial charge in [-0.15, -0.1) is 0 Å². The highest BCUT2D eigenvalue weighted by atomic mass is 32.1. The molecule has 2 fully saturated rings. The number of hydrogen-bond donors (Lipinski definition) is 0.